The molecule has 0 spiro atoms. The quantitative estimate of drug-likeness (QED) is 0.782. The highest BCUT2D eigenvalue weighted by atomic mass is 79.9. The summed E-state index contributed by atoms with van der Waals surface area (Å²) in [4.78, 5) is 15.8. The number of carbonyl (C=O) groups excluding carboxylic acids is 1. The second-order valence-corrected chi connectivity index (χ2v) is 5.23. The molecule has 0 radical (unpaired) electrons. The smallest absolute Gasteiger partial charge is 0.257 e. The van der Waals surface area contributed by atoms with E-state index in [9.17, 15) is 13.6 Å². The van der Waals surface area contributed by atoms with Crippen molar-refractivity contribution in [2.24, 2.45) is 0 Å². The summed E-state index contributed by atoms with van der Waals surface area (Å²) in [6.07, 6.45) is 1.34. The van der Waals surface area contributed by atoms with Crippen molar-refractivity contribution in [2.45, 2.75) is 0 Å². The Kier molecular flexibility index (Phi) is 4.26. The summed E-state index contributed by atoms with van der Waals surface area (Å²) in [7, 11) is 0. The molecular weight excluding hydrogens is 386 g/mol. The number of hydrogen-bond donors (Lipinski definition) is 1. The molecule has 3 nitrogen and oxygen atoms in total. The number of anilines is 1. The normalized spacial score (nSPS) is 10.3. The van der Waals surface area contributed by atoms with Crippen molar-refractivity contribution >= 4 is 43.5 Å². The van der Waals surface area contributed by atoms with Crippen LogP contribution >= 0.6 is 31.9 Å². The molecule has 0 saturated heterocycles. The van der Waals surface area contributed by atoms with Crippen LogP contribution in [0.4, 0.5) is 14.5 Å². The van der Waals surface area contributed by atoms with Gasteiger partial charge in [-0.3, -0.25) is 4.79 Å². The maximum absolute atomic E-state index is 13.5. The van der Waals surface area contributed by atoms with E-state index in [-0.39, 0.29) is 15.7 Å². The third kappa shape index (κ3) is 3.36. The molecule has 19 heavy (non-hydrogen) atoms. The van der Waals surface area contributed by atoms with Crippen LogP contribution in [0.1, 0.15) is 10.4 Å². The number of hydrogen-bond acceptors (Lipinski definition) is 2. The number of halogens is 4. The van der Waals surface area contributed by atoms with Gasteiger partial charge in [-0.15, -0.1) is 0 Å². The van der Waals surface area contributed by atoms with Crippen LogP contribution in [0.25, 0.3) is 0 Å². The van der Waals surface area contributed by atoms with Gasteiger partial charge in [0.1, 0.15) is 10.4 Å². The summed E-state index contributed by atoms with van der Waals surface area (Å²) < 4.78 is 27.2. The SMILES string of the molecule is O=C(Nc1c(F)cc(F)cc1Br)c1ccc(Br)nc1. The van der Waals surface area contributed by atoms with E-state index >= 15 is 0 Å². The Morgan fingerprint density at radius 1 is 1.21 bits per heavy atom. The zero-order valence-electron chi connectivity index (χ0n) is 9.25. The first-order valence-electron chi connectivity index (χ1n) is 5.05. The van der Waals surface area contributed by atoms with Gasteiger partial charge in [0.2, 0.25) is 0 Å². The van der Waals surface area contributed by atoms with E-state index in [1.54, 1.807) is 6.07 Å². The lowest BCUT2D eigenvalue weighted by Crippen LogP contribution is -2.14. The molecule has 2 aromatic rings. The minimum Gasteiger partial charge on any atom is -0.318 e. The lowest BCUT2D eigenvalue weighted by molar-refractivity contribution is 0.102. The lowest BCUT2D eigenvalue weighted by Gasteiger charge is -2.08. The highest BCUT2D eigenvalue weighted by Crippen LogP contribution is 2.27. The zero-order chi connectivity index (χ0) is 14.0. The van der Waals surface area contributed by atoms with E-state index in [0.717, 1.165) is 6.07 Å². The first-order chi connectivity index (χ1) is 8.97. The Balaban J connectivity index is 2.26. The number of rotatable bonds is 2. The van der Waals surface area contributed by atoms with E-state index in [4.69, 9.17) is 0 Å². The van der Waals surface area contributed by atoms with Gasteiger partial charge in [-0.2, -0.15) is 0 Å². The average Bonchev–Trinajstić information content (AvgIpc) is 2.34. The molecule has 0 aliphatic carbocycles. The number of pyridine rings is 1. The molecule has 0 unspecified atom stereocenters. The first-order valence-corrected chi connectivity index (χ1v) is 6.63. The van der Waals surface area contributed by atoms with Crippen molar-refractivity contribution in [3.63, 3.8) is 0 Å². The fourth-order valence-electron chi connectivity index (χ4n) is 1.36. The van der Waals surface area contributed by atoms with Gasteiger partial charge in [0.25, 0.3) is 5.91 Å². The maximum Gasteiger partial charge on any atom is 0.257 e. The zero-order valence-corrected chi connectivity index (χ0v) is 12.4. The molecule has 0 aliphatic rings. The van der Waals surface area contributed by atoms with Crippen LogP contribution in [0.2, 0.25) is 0 Å². The molecule has 1 amide bonds. The van der Waals surface area contributed by atoms with Gasteiger partial charge in [0, 0.05) is 16.7 Å². The molecule has 0 bridgehead atoms. The van der Waals surface area contributed by atoms with E-state index in [1.807, 2.05) is 0 Å². The third-order valence-electron chi connectivity index (χ3n) is 2.23. The van der Waals surface area contributed by atoms with Crippen molar-refractivity contribution in [1.29, 1.82) is 0 Å². The second-order valence-electron chi connectivity index (χ2n) is 3.57. The molecule has 7 heteroatoms. The van der Waals surface area contributed by atoms with Crippen molar-refractivity contribution in [3.8, 4) is 0 Å². The van der Waals surface area contributed by atoms with Gasteiger partial charge >= 0.3 is 0 Å². The summed E-state index contributed by atoms with van der Waals surface area (Å²) in [5, 5.41) is 2.36. The van der Waals surface area contributed by atoms with Gasteiger partial charge in [0.15, 0.2) is 5.82 Å². The molecule has 0 aliphatic heterocycles. The number of nitrogens with one attached hydrogen (secondary N) is 1. The summed E-state index contributed by atoms with van der Waals surface area (Å²) in [6, 6.07) is 4.88. The predicted molar refractivity (Wildman–Crippen MR) is 73.9 cm³/mol. The third-order valence-corrected chi connectivity index (χ3v) is 3.33. The van der Waals surface area contributed by atoms with Crippen molar-refractivity contribution in [1.82, 2.24) is 4.98 Å². The number of carbonyl (C=O) groups is 1. The van der Waals surface area contributed by atoms with Crippen molar-refractivity contribution < 1.29 is 13.6 Å². The Hall–Kier alpha value is -1.34. The molecular formula is C12H6Br2F2N2O. The molecule has 0 fully saturated rings. The van der Waals surface area contributed by atoms with E-state index in [1.165, 1.54) is 12.3 Å². The Bertz CT molecular complexity index is 609. The van der Waals surface area contributed by atoms with Gasteiger partial charge in [-0.1, -0.05) is 0 Å². The average molecular weight is 392 g/mol. The fourth-order valence-corrected chi connectivity index (χ4v) is 2.10. The van der Waals surface area contributed by atoms with E-state index in [2.05, 4.69) is 42.2 Å². The molecule has 0 atom stereocenters. The summed E-state index contributed by atoms with van der Waals surface area (Å²) in [5.41, 5.74) is 0.146. The number of amides is 1. The van der Waals surface area contributed by atoms with E-state index in [0.29, 0.717) is 10.7 Å². The summed E-state index contributed by atoms with van der Waals surface area (Å²) in [5.74, 6) is -2.12. The highest BCUT2D eigenvalue weighted by molar-refractivity contribution is 9.10. The number of nitrogens with zero attached hydrogens (tertiary/aromatic N) is 1. The number of benzene rings is 1. The standard InChI is InChI=1S/C12H6Br2F2N2O/c13-8-3-7(15)4-9(16)11(8)18-12(19)6-1-2-10(14)17-5-6/h1-5H,(H,18,19). The van der Waals surface area contributed by atoms with Gasteiger partial charge in [-0.25, -0.2) is 13.8 Å². The molecule has 1 heterocycles. The Morgan fingerprint density at radius 3 is 2.53 bits per heavy atom. The Morgan fingerprint density at radius 2 is 1.95 bits per heavy atom. The van der Waals surface area contributed by atoms with Crippen LogP contribution in [0.5, 0.6) is 0 Å². The van der Waals surface area contributed by atoms with E-state index < -0.39 is 17.5 Å². The molecule has 0 saturated carbocycles. The van der Waals surface area contributed by atoms with Gasteiger partial charge < -0.3 is 5.32 Å². The maximum atomic E-state index is 13.5. The topological polar surface area (TPSA) is 42.0 Å². The predicted octanol–water partition coefficient (Wildman–Crippen LogP) is 4.14. The lowest BCUT2D eigenvalue weighted by atomic mass is 10.2. The van der Waals surface area contributed by atoms with Crippen molar-refractivity contribution in [2.75, 3.05) is 5.32 Å². The molecule has 2 rings (SSSR count). The monoisotopic (exact) mass is 390 g/mol. The second kappa shape index (κ2) is 5.75. The van der Waals surface area contributed by atoms with Crippen LogP contribution < -0.4 is 5.32 Å². The Labute approximate surface area is 124 Å². The van der Waals surface area contributed by atoms with Gasteiger partial charge in [0.05, 0.1) is 11.3 Å². The largest absolute Gasteiger partial charge is 0.318 e. The van der Waals surface area contributed by atoms with Crippen LogP contribution in [-0.2, 0) is 0 Å². The summed E-state index contributed by atoms with van der Waals surface area (Å²) >= 11 is 6.13. The minimum atomic E-state index is -0.856. The fraction of sp³-hybridized carbons (Fsp3) is 0. The van der Waals surface area contributed by atoms with Crippen LogP contribution in [0.15, 0.2) is 39.5 Å². The minimum absolute atomic E-state index is 0.116. The van der Waals surface area contributed by atoms with Crippen LogP contribution in [0, 0.1) is 11.6 Å². The first kappa shape index (κ1) is 14.1. The van der Waals surface area contributed by atoms with Gasteiger partial charge in [-0.05, 0) is 50.1 Å². The molecule has 1 aromatic carbocycles. The van der Waals surface area contributed by atoms with Crippen molar-refractivity contribution in [3.05, 3.63) is 56.7 Å². The molecule has 1 N–H and O–H groups in total. The highest BCUT2D eigenvalue weighted by Gasteiger charge is 2.14. The molecule has 1 aromatic heterocycles. The summed E-state index contributed by atoms with van der Waals surface area (Å²) in [6.45, 7) is 0. The molecule has 98 valence electrons. The van der Waals surface area contributed by atoms with Crippen LogP contribution in [-0.4, -0.2) is 10.9 Å². The number of aromatic nitrogens is 1. The van der Waals surface area contributed by atoms with Crippen LogP contribution in [0.3, 0.4) is 0 Å².